The Hall–Kier alpha value is -2.47. The molecule has 176 valence electrons. The Kier molecular flexibility index (Phi) is 8.32. The third-order valence-electron chi connectivity index (χ3n) is 6.38. The molecule has 1 atom stereocenters. The average molecular weight is 468 g/mol. The number of hydrogen-bond acceptors (Lipinski definition) is 5. The van der Waals surface area contributed by atoms with Crippen LogP contribution in [0.1, 0.15) is 80.5 Å². The first-order valence-electron chi connectivity index (χ1n) is 12.1. The van der Waals surface area contributed by atoms with Crippen molar-refractivity contribution in [2.75, 3.05) is 13.2 Å². The number of aryl methyl sites for hydroxylation is 1. The lowest BCUT2D eigenvalue weighted by molar-refractivity contribution is -0.112. The Morgan fingerprint density at radius 2 is 1.79 bits per heavy atom. The van der Waals surface area contributed by atoms with E-state index in [-0.39, 0.29) is 10.4 Å². The molecule has 1 heterocycles. The van der Waals surface area contributed by atoms with E-state index in [1.807, 2.05) is 24.3 Å². The van der Waals surface area contributed by atoms with Gasteiger partial charge in [-0.1, -0.05) is 56.9 Å². The Morgan fingerprint density at radius 1 is 0.970 bits per heavy atom. The molecule has 6 heteroatoms. The van der Waals surface area contributed by atoms with Crippen LogP contribution < -0.4 is 14.8 Å². The first kappa shape index (κ1) is 23.7. The maximum atomic E-state index is 11.9. The molecule has 2 aromatic carbocycles. The minimum Gasteiger partial charge on any atom is -0.493 e. The molecule has 2 aliphatic rings. The number of carbonyl (C=O) groups excluding carboxylic acids is 2. The molecule has 2 fully saturated rings. The summed E-state index contributed by atoms with van der Waals surface area (Å²) in [5.74, 6) is 2.39. The maximum absolute atomic E-state index is 11.9. The van der Waals surface area contributed by atoms with Gasteiger partial charge >= 0.3 is 0 Å². The fraction of sp³-hybridized carbons (Fsp3) is 0.481. The van der Waals surface area contributed by atoms with Gasteiger partial charge in [0.25, 0.3) is 5.24 Å². The number of ether oxygens (including phenoxy) is 2. The summed E-state index contributed by atoms with van der Waals surface area (Å²) in [4.78, 5) is 23.4. The van der Waals surface area contributed by atoms with Crippen LogP contribution in [0.3, 0.4) is 0 Å². The van der Waals surface area contributed by atoms with Gasteiger partial charge in [-0.25, -0.2) is 0 Å². The molecule has 1 unspecified atom stereocenters. The number of thioether (sulfide) groups is 1. The van der Waals surface area contributed by atoms with Gasteiger partial charge in [0.1, 0.15) is 17.5 Å². The van der Waals surface area contributed by atoms with Crippen molar-refractivity contribution in [1.29, 1.82) is 0 Å². The summed E-state index contributed by atoms with van der Waals surface area (Å²) in [6.45, 7) is 3.32. The summed E-state index contributed by atoms with van der Waals surface area (Å²) in [6.07, 6.45) is 9.59. The predicted octanol–water partition coefficient (Wildman–Crippen LogP) is 6.56. The summed E-state index contributed by atoms with van der Waals surface area (Å²) in [5, 5.41) is 2.20. The summed E-state index contributed by atoms with van der Waals surface area (Å²) >= 11 is 0.719. The van der Waals surface area contributed by atoms with Crippen LogP contribution in [0, 0.1) is 0 Å². The number of nitrogens with one attached hydrogen (secondary N) is 1. The molecule has 1 N–H and O–H groups in total. The molecule has 0 spiro atoms. The monoisotopic (exact) mass is 467 g/mol. The summed E-state index contributed by atoms with van der Waals surface area (Å²) in [7, 11) is 0. The summed E-state index contributed by atoms with van der Waals surface area (Å²) in [6, 6.07) is 13.5. The van der Waals surface area contributed by atoms with Crippen molar-refractivity contribution in [3.8, 4) is 11.5 Å². The van der Waals surface area contributed by atoms with Gasteiger partial charge in [-0.2, -0.15) is 0 Å². The maximum Gasteiger partial charge on any atom is 0.287 e. The van der Waals surface area contributed by atoms with Crippen molar-refractivity contribution in [1.82, 2.24) is 5.32 Å². The molecular weight excluding hydrogens is 434 g/mol. The highest BCUT2D eigenvalue weighted by atomic mass is 32.2. The van der Waals surface area contributed by atoms with E-state index in [4.69, 9.17) is 9.47 Å². The largest absolute Gasteiger partial charge is 0.493 e. The molecule has 33 heavy (non-hydrogen) atoms. The van der Waals surface area contributed by atoms with E-state index in [0.717, 1.165) is 42.3 Å². The van der Waals surface area contributed by atoms with E-state index >= 15 is 0 Å². The van der Waals surface area contributed by atoms with E-state index in [1.54, 1.807) is 0 Å². The van der Waals surface area contributed by atoms with Crippen molar-refractivity contribution in [2.45, 2.75) is 70.3 Å². The van der Waals surface area contributed by atoms with Crippen molar-refractivity contribution in [3.05, 3.63) is 59.2 Å². The smallest absolute Gasteiger partial charge is 0.287 e. The van der Waals surface area contributed by atoms with Gasteiger partial charge < -0.3 is 14.8 Å². The molecule has 0 bridgehead atoms. The van der Waals surface area contributed by atoms with Crippen molar-refractivity contribution < 1.29 is 19.1 Å². The molecule has 2 aromatic rings. The Morgan fingerprint density at radius 3 is 2.55 bits per heavy atom. The van der Waals surface area contributed by atoms with Crippen LogP contribution in [0.4, 0.5) is 4.79 Å². The fourth-order valence-corrected chi connectivity index (χ4v) is 5.36. The quantitative estimate of drug-likeness (QED) is 0.401. The minimum absolute atomic E-state index is 0.178. The zero-order valence-electron chi connectivity index (χ0n) is 19.3. The molecular formula is C27H33NO4S. The molecule has 0 radical (unpaired) electrons. The van der Waals surface area contributed by atoms with Crippen molar-refractivity contribution in [2.24, 2.45) is 0 Å². The highest BCUT2D eigenvalue weighted by Gasteiger charge is 2.32. The predicted molar refractivity (Wildman–Crippen MR) is 132 cm³/mol. The van der Waals surface area contributed by atoms with Gasteiger partial charge in [-0.15, -0.1) is 0 Å². The van der Waals surface area contributed by atoms with Crippen molar-refractivity contribution in [3.63, 3.8) is 0 Å². The molecule has 4 rings (SSSR count). The first-order valence-corrected chi connectivity index (χ1v) is 13.0. The lowest BCUT2D eigenvalue weighted by Crippen LogP contribution is -2.19. The van der Waals surface area contributed by atoms with E-state index < -0.39 is 6.04 Å². The van der Waals surface area contributed by atoms with Gasteiger partial charge in [-0.3, -0.25) is 9.59 Å². The Balaban J connectivity index is 1.27. The van der Waals surface area contributed by atoms with Crippen LogP contribution in [0.15, 0.2) is 42.5 Å². The molecule has 1 amide bonds. The number of amides is 1. The number of carbonyl (C=O) groups is 2. The first-order chi connectivity index (χ1) is 16.1. The van der Waals surface area contributed by atoms with Gasteiger partial charge in [0, 0.05) is 18.2 Å². The van der Waals surface area contributed by atoms with Gasteiger partial charge in [-0.05, 0) is 60.1 Å². The normalized spacial score (nSPS) is 18.9. The molecule has 1 saturated heterocycles. The fourth-order valence-electron chi connectivity index (χ4n) is 4.69. The topological polar surface area (TPSA) is 64.6 Å². The molecule has 1 saturated carbocycles. The summed E-state index contributed by atoms with van der Waals surface area (Å²) in [5.41, 5.74) is 3.54. The third-order valence-corrected chi connectivity index (χ3v) is 7.12. The Labute approximate surface area is 200 Å². The third kappa shape index (κ3) is 6.32. The van der Waals surface area contributed by atoms with Crippen LogP contribution in [-0.4, -0.2) is 23.6 Å². The SMILES string of the molecule is CCCc1cc(C2CCCCC2)ccc1OCCCOc1cccc(C2NC(=O)SC2=O)c1. The van der Waals surface area contributed by atoms with E-state index in [0.29, 0.717) is 24.9 Å². The Bertz CT molecular complexity index is 970. The van der Waals surface area contributed by atoms with E-state index in [9.17, 15) is 9.59 Å². The van der Waals surface area contributed by atoms with E-state index in [1.165, 1.54) is 43.2 Å². The average Bonchev–Trinajstić information content (AvgIpc) is 3.18. The minimum atomic E-state index is -0.594. The van der Waals surface area contributed by atoms with Gasteiger partial charge in [0.2, 0.25) is 5.12 Å². The van der Waals surface area contributed by atoms with Gasteiger partial charge in [0.15, 0.2) is 0 Å². The molecule has 0 aromatic heterocycles. The second-order valence-corrected chi connectivity index (χ2v) is 9.84. The standard InChI is InChI=1S/C27H33NO4S/c1-2-8-21-17-20(19-9-4-3-5-10-19)13-14-24(21)32-16-7-15-31-23-12-6-11-22(18-23)25-26(29)33-27(30)28-25/h6,11-14,17-19,25H,2-5,7-10,15-16H2,1H3,(H,28,30). The van der Waals surface area contributed by atoms with Gasteiger partial charge in [0.05, 0.1) is 13.2 Å². The zero-order valence-corrected chi connectivity index (χ0v) is 20.1. The van der Waals surface area contributed by atoms with Crippen LogP contribution in [-0.2, 0) is 11.2 Å². The van der Waals surface area contributed by atoms with Crippen LogP contribution in [0.5, 0.6) is 11.5 Å². The molecule has 1 aliphatic carbocycles. The second-order valence-electron chi connectivity index (χ2n) is 8.86. The lowest BCUT2D eigenvalue weighted by atomic mass is 9.83. The van der Waals surface area contributed by atoms with Crippen LogP contribution in [0.25, 0.3) is 0 Å². The molecule has 1 aliphatic heterocycles. The number of hydrogen-bond donors (Lipinski definition) is 1. The zero-order chi connectivity index (χ0) is 23.0. The number of rotatable bonds is 10. The lowest BCUT2D eigenvalue weighted by Gasteiger charge is -2.23. The van der Waals surface area contributed by atoms with Crippen molar-refractivity contribution >= 4 is 22.1 Å². The number of benzene rings is 2. The van der Waals surface area contributed by atoms with Crippen LogP contribution in [0.2, 0.25) is 0 Å². The van der Waals surface area contributed by atoms with E-state index in [2.05, 4.69) is 30.4 Å². The summed E-state index contributed by atoms with van der Waals surface area (Å²) < 4.78 is 12.0. The second kappa shape index (κ2) is 11.6. The van der Waals surface area contributed by atoms with Crippen LogP contribution >= 0.6 is 11.8 Å². The molecule has 5 nitrogen and oxygen atoms in total. The highest BCUT2D eigenvalue weighted by molar-refractivity contribution is 8.26. The highest BCUT2D eigenvalue weighted by Crippen LogP contribution is 2.35.